The van der Waals surface area contributed by atoms with Crippen LogP contribution in [0.1, 0.15) is 20.8 Å². The maximum absolute atomic E-state index is 12.1. The van der Waals surface area contributed by atoms with Crippen molar-refractivity contribution in [3.05, 3.63) is 23.2 Å². The van der Waals surface area contributed by atoms with E-state index in [0.29, 0.717) is 16.5 Å². The fraction of sp³-hybridized carbons (Fsp3) is 0.429. The summed E-state index contributed by atoms with van der Waals surface area (Å²) in [7, 11) is 0. The average molecular weight is 297 g/mol. The smallest absolute Gasteiger partial charge is 0.265 e. The molecule has 5 nitrogen and oxygen atoms in total. The molecule has 2 amide bonds. The minimum Gasteiger partial charge on any atom is -0.482 e. The fourth-order valence-corrected chi connectivity index (χ4v) is 2.26. The second-order valence-electron chi connectivity index (χ2n) is 5.00. The second kappa shape index (κ2) is 5.71. The summed E-state index contributed by atoms with van der Waals surface area (Å²) in [4.78, 5) is 25.6. The third kappa shape index (κ3) is 2.88. The highest BCUT2D eigenvalue weighted by molar-refractivity contribution is 6.31. The summed E-state index contributed by atoms with van der Waals surface area (Å²) in [6, 6.07) is 4.41. The quantitative estimate of drug-likeness (QED) is 0.928. The van der Waals surface area contributed by atoms with Gasteiger partial charge in [-0.2, -0.15) is 0 Å². The van der Waals surface area contributed by atoms with E-state index in [2.05, 4.69) is 5.32 Å². The SMILES string of the molecule is CC(C)NC(=O)C(C)N1C(=O)COc2ccc(Cl)cc21. The highest BCUT2D eigenvalue weighted by Crippen LogP contribution is 2.35. The summed E-state index contributed by atoms with van der Waals surface area (Å²) in [5.41, 5.74) is 0.528. The normalized spacial score (nSPS) is 15.7. The van der Waals surface area contributed by atoms with Crippen molar-refractivity contribution in [2.45, 2.75) is 32.9 Å². The van der Waals surface area contributed by atoms with Gasteiger partial charge in [-0.25, -0.2) is 0 Å². The summed E-state index contributed by atoms with van der Waals surface area (Å²) in [6.07, 6.45) is 0. The number of halogens is 1. The number of fused-ring (bicyclic) bond motifs is 1. The molecular formula is C14H17ClN2O3. The van der Waals surface area contributed by atoms with E-state index in [-0.39, 0.29) is 24.5 Å². The molecular weight excluding hydrogens is 280 g/mol. The van der Waals surface area contributed by atoms with E-state index in [4.69, 9.17) is 16.3 Å². The van der Waals surface area contributed by atoms with Crippen molar-refractivity contribution in [2.75, 3.05) is 11.5 Å². The molecule has 6 heteroatoms. The van der Waals surface area contributed by atoms with Crippen LogP contribution in [-0.2, 0) is 9.59 Å². The van der Waals surface area contributed by atoms with Crippen molar-refractivity contribution in [2.24, 2.45) is 0 Å². The first-order valence-electron chi connectivity index (χ1n) is 6.45. The van der Waals surface area contributed by atoms with E-state index in [0.717, 1.165) is 0 Å². The van der Waals surface area contributed by atoms with Crippen molar-refractivity contribution in [3.63, 3.8) is 0 Å². The van der Waals surface area contributed by atoms with Gasteiger partial charge in [-0.15, -0.1) is 0 Å². The highest BCUT2D eigenvalue weighted by atomic mass is 35.5. The summed E-state index contributed by atoms with van der Waals surface area (Å²) in [5.74, 6) is 0.0885. The molecule has 1 unspecified atom stereocenters. The molecule has 1 aromatic rings. The van der Waals surface area contributed by atoms with Crippen LogP contribution in [0.15, 0.2) is 18.2 Å². The van der Waals surface area contributed by atoms with Crippen LogP contribution in [0.3, 0.4) is 0 Å². The Hall–Kier alpha value is -1.75. The minimum absolute atomic E-state index is 0.0138. The number of amides is 2. The van der Waals surface area contributed by atoms with Crippen molar-refractivity contribution >= 4 is 29.1 Å². The standard InChI is InChI=1S/C14H17ClN2O3/c1-8(2)16-14(19)9(3)17-11-6-10(15)4-5-12(11)20-7-13(17)18/h4-6,8-9H,7H2,1-3H3,(H,16,19). The number of nitrogens with zero attached hydrogens (tertiary/aromatic N) is 1. The van der Waals surface area contributed by atoms with Gasteiger partial charge < -0.3 is 10.1 Å². The summed E-state index contributed by atoms with van der Waals surface area (Å²) >= 11 is 5.96. The van der Waals surface area contributed by atoms with Crippen LogP contribution in [-0.4, -0.2) is 30.5 Å². The van der Waals surface area contributed by atoms with Crippen LogP contribution in [0.2, 0.25) is 5.02 Å². The molecule has 1 atom stereocenters. The van der Waals surface area contributed by atoms with Crippen LogP contribution >= 0.6 is 11.6 Å². The van der Waals surface area contributed by atoms with Gasteiger partial charge in [0.2, 0.25) is 5.91 Å². The molecule has 2 rings (SSSR count). The van der Waals surface area contributed by atoms with Crippen LogP contribution in [0, 0.1) is 0 Å². The average Bonchev–Trinajstić information content (AvgIpc) is 2.37. The lowest BCUT2D eigenvalue weighted by molar-refractivity contribution is -0.127. The molecule has 1 aromatic carbocycles. The van der Waals surface area contributed by atoms with Crippen LogP contribution in [0.25, 0.3) is 0 Å². The number of nitrogens with one attached hydrogen (secondary N) is 1. The molecule has 1 aliphatic heterocycles. The first-order valence-corrected chi connectivity index (χ1v) is 6.82. The lowest BCUT2D eigenvalue weighted by Gasteiger charge is -2.33. The lowest BCUT2D eigenvalue weighted by Crippen LogP contribution is -2.52. The maximum atomic E-state index is 12.1. The van der Waals surface area contributed by atoms with Gasteiger partial charge in [0.25, 0.3) is 5.91 Å². The molecule has 20 heavy (non-hydrogen) atoms. The fourth-order valence-electron chi connectivity index (χ4n) is 2.09. The summed E-state index contributed by atoms with van der Waals surface area (Å²) in [5, 5.41) is 3.29. The van der Waals surface area contributed by atoms with Gasteiger partial charge in [-0.05, 0) is 39.0 Å². The van der Waals surface area contributed by atoms with Gasteiger partial charge in [0.15, 0.2) is 6.61 Å². The molecule has 0 fully saturated rings. The Morgan fingerprint density at radius 3 is 2.75 bits per heavy atom. The monoisotopic (exact) mass is 296 g/mol. The zero-order valence-electron chi connectivity index (χ0n) is 11.6. The molecule has 108 valence electrons. The molecule has 0 saturated heterocycles. The predicted octanol–water partition coefficient (Wildman–Crippen LogP) is 1.98. The third-order valence-electron chi connectivity index (χ3n) is 3.00. The van der Waals surface area contributed by atoms with E-state index >= 15 is 0 Å². The van der Waals surface area contributed by atoms with E-state index in [1.54, 1.807) is 25.1 Å². The van der Waals surface area contributed by atoms with Crippen molar-refractivity contribution in [1.29, 1.82) is 0 Å². The Kier molecular flexibility index (Phi) is 4.18. The van der Waals surface area contributed by atoms with Crippen LogP contribution in [0.4, 0.5) is 5.69 Å². The first kappa shape index (κ1) is 14.7. The third-order valence-corrected chi connectivity index (χ3v) is 3.23. The Bertz CT molecular complexity index is 545. The zero-order valence-corrected chi connectivity index (χ0v) is 12.4. The number of anilines is 1. The number of hydrogen-bond donors (Lipinski definition) is 1. The Morgan fingerprint density at radius 2 is 2.10 bits per heavy atom. The summed E-state index contributed by atoms with van der Waals surface area (Å²) in [6.45, 7) is 5.35. The molecule has 0 bridgehead atoms. The maximum Gasteiger partial charge on any atom is 0.265 e. The summed E-state index contributed by atoms with van der Waals surface area (Å²) < 4.78 is 5.35. The van der Waals surface area contributed by atoms with E-state index in [1.807, 2.05) is 13.8 Å². The van der Waals surface area contributed by atoms with Crippen LogP contribution < -0.4 is 15.0 Å². The van der Waals surface area contributed by atoms with Gasteiger partial charge >= 0.3 is 0 Å². The molecule has 1 N–H and O–H groups in total. The van der Waals surface area contributed by atoms with E-state index in [9.17, 15) is 9.59 Å². The van der Waals surface area contributed by atoms with Gasteiger partial charge in [0.05, 0.1) is 5.69 Å². The Balaban J connectivity index is 2.33. The Morgan fingerprint density at radius 1 is 1.40 bits per heavy atom. The zero-order chi connectivity index (χ0) is 14.9. The second-order valence-corrected chi connectivity index (χ2v) is 5.44. The molecule has 1 aliphatic rings. The largest absolute Gasteiger partial charge is 0.482 e. The number of ether oxygens (including phenoxy) is 1. The first-order chi connectivity index (χ1) is 9.40. The number of rotatable bonds is 3. The van der Waals surface area contributed by atoms with E-state index in [1.165, 1.54) is 4.90 Å². The number of carbonyl (C=O) groups is 2. The molecule has 0 saturated carbocycles. The van der Waals surface area contributed by atoms with Crippen LogP contribution in [0.5, 0.6) is 5.75 Å². The predicted molar refractivity (Wildman–Crippen MR) is 77.2 cm³/mol. The van der Waals surface area contributed by atoms with E-state index < -0.39 is 6.04 Å². The van der Waals surface area contributed by atoms with Gasteiger partial charge in [-0.3, -0.25) is 14.5 Å². The van der Waals surface area contributed by atoms with Crippen molar-refractivity contribution in [1.82, 2.24) is 5.32 Å². The number of carbonyl (C=O) groups excluding carboxylic acids is 2. The molecule has 0 spiro atoms. The molecule has 0 aliphatic carbocycles. The molecule has 1 heterocycles. The topological polar surface area (TPSA) is 58.6 Å². The molecule has 0 aromatic heterocycles. The minimum atomic E-state index is -0.619. The number of benzene rings is 1. The van der Waals surface area contributed by atoms with Gasteiger partial charge in [0, 0.05) is 11.1 Å². The van der Waals surface area contributed by atoms with Gasteiger partial charge in [-0.1, -0.05) is 11.6 Å². The lowest BCUT2D eigenvalue weighted by atomic mass is 10.1. The van der Waals surface area contributed by atoms with Crippen molar-refractivity contribution < 1.29 is 14.3 Å². The molecule has 0 radical (unpaired) electrons. The van der Waals surface area contributed by atoms with Crippen molar-refractivity contribution in [3.8, 4) is 5.75 Å². The van der Waals surface area contributed by atoms with Gasteiger partial charge in [0.1, 0.15) is 11.8 Å². The number of hydrogen-bond acceptors (Lipinski definition) is 3. The Labute approximate surface area is 122 Å². The highest BCUT2D eigenvalue weighted by Gasteiger charge is 2.33.